The van der Waals surface area contributed by atoms with Crippen molar-refractivity contribution in [1.29, 1.82) is 0 Å². The number of aryl methyl sites for hydroxylation is 1. The highest BCUT2D eigenvalue weighted by Crippen LogP contribution is 2.41. The minimum absolute atomic E-state index is 0.544. The van der Waals surface area contributed by atoms with E-state index in [-0.39, 0.29) is 0 Å². The molecule has 20 heavy (non-hydrogen) atoms. The minimum Gasteiger partial charge on any atom is -0.348 e. The summed E-state index contributed by atoms with van der Waals surface area (Å²) in [5.74, 6) is 0.842. The molecular weight excluding hydrogens is 248 g/mol. The lowest BCUT2D eigenvalue weighted by molar-refractivity contribution is 0.480. The number of hydrogen-bond acceptors (Lipinski definition) is 2. The summed E-state index contributed by atoms with van der Waals surface area (Å²) in [6.07, 6.45) is 12.2. The first-order chi connectivity index (χ1) is 9.78. The van der Waals surface area contributed by atoms with Gasteiger partial charge >= 0.3 is 0 Å². The van der Waals surface area contributed by atoms with Crippen LogP contribution in [0.2, 0.25) is 0 Å². The molecule has 1 N–H and O–H groups in total. The van der Waals surface area contributed by atoms with Gasteiger partial charge in [0.2, 0.25) is 0 Å². The summed E-state index contributed by atoms with van der Waals surface area (Å²) in [6, 6.07) is 2.81. The Balaban J connectivity index is 1.70. The summed E-state index contributed by atoms with van der Waals surface area (Å²) in [7, 11) is 2.04. The Morgan fingerprint density at radius 2 is 2.30 bits per heavy atom. The lowest BCUT2D eigenvalue weighted by atomic mass is 10.1. The number of rotatable bonds is 7. The maximum atomic E-state index is 4.18. The predicted octanol–water partition coefficient (Wildman–Crippen LogP) is 2.72. The molecule has 108 valence electrons. The standard InChI is InChI=1S/C16H24N4/c1-3-7-18-16(13-4-5-13)14-6-8-20(10-14)11-15-9-17-12-19(15)2/h6,8-10,12-13,16,18H,3-5,7,11H2,1-2H3. The fraction of sp³-hybridized carbons (Fsp3) is 0.562. The minimum atomic E-state index is 0.544. The van der Waals surface area contributed by atoms with Gasteiger partial charge in [-0.2, -0.15) is 0 Å². The third-order valence-electron chi connectivity index (χ3n) is 4.10. The molecule has 0 radical (unpaired) electrons. The molecule has 2 aromatic rings. The van der Waals surface area contributed by atoms with E-state index in [4.69, 9.17) is 0 Å². The van der Waals surface area contributed by atoms with Crippen LogP contribution in [0.25, 0.3) is 0 Å². The SMILES string of the molecule is CCCNC(c1ccn(Cc2cncn2C)c1)C1CC1. The van der Waals surface area contributed by atoms with E-state index in [1.54, 1.807) is 0 Å². The van der Waals surface area contributed by atoms with Crippen LogP contribution in [0.15, 0.2) is 31.0 Å². The maximum Gasteiger partial charge on any atom is 0.0946 e. The molecule has 0 amide bonds. The van der Waals surface area contributed by atoms with E-state index in [1.807, 2.05) is 19.6 Å². The van der Waals surface area contributed by atoms with Crippen molar-refractivity contribution in [3.05, 3.63) is 42.2 Å². The van der Waals surface area contributed by atoms with Gasteiger partial charge in [-0.25, -0.2) is 4.98 Å². The van der Waals surface area contributed by atoms with Crippen LogP contribution in [0.3, 0.4) is 0 Å². The molecule has 4 nitrogen and oxygen atoms in total. The number of aromatic nitrogens is 3. The lowest BCUT2D eigenvalue weighted by Gasteiger charge is -2.16. The van der Waals surface area contributed by atoms with E-state index in [1.165, 1.54) is 30.5 Å². The van der Waals surface area contributed by atoms with E-state index >= 15 is 0 Å². The molecule has 4 heteroatoms. The first-order valence-electron chi connectivity index (χ1n) is 7.62. The van der Waals surface area contributed by atoms with Crippen LogP contribution in [0, 0.1) is 5.92 Å². The lowest BCUT2D eigenvalue weighted by Crippen LogP contribution is -2.23. The number of nitrogens with zero attached hydrogens (tertiary/aromatic N) is 3. The largest absolute Gasteiger partial charge is 0.348 e. The molecule has 0 aliphatic heterocycles. The Morgan fingerprint density at radius 1 is 1.45 bits per heavy atom. The third kappa shape index (κ3) is 2.96. The van der Waals surface area contributed by atoms with Gasteiger partial charge < -0.3 is 14.5 Å². The van der Waals surface area contributed by atoms with Crippen LogP contribution in [0.4, 0.5) is 0 Å². The van der Waals surface area contributed by atoms with Crippen molar-refractivity contribution < 1.29 is 0 Å². The van der Waals surface area contributed by atoms with Crippen LogP contribution in [0.5, 0.6) is 0 Å². The normalized spacial score (nSPS) is 16.5. The Labute approximate surface area is 120 Å². The predicted molar refractivity (Wildman–Crippen MR) is 80.5 cm³/mol. The molecule has 1 unspecified atom stereocenters. The van der Waals surface area contributed by atoms with Crippen molar-refractivity contribution in [2.45, 2.75) is 38.8 Å². The fourth-order valence-corrected chi connectivity index (χ4v) is 2.75. The molecule has 1 fully saturated rings. The van der Waals surface area contributed by atoms with Gasteiger partial charge in [-0.05, 0) is 43.4 Å². The Hall–Kier alpha value is -1.55. The summed E-state index contributed by atoms with van der Waals surface area (Å²) in [6.45, 7) is 4.22. The average molecular weight is 272 g/mol. The fourth-order valence-electron chi connectivity index (χ4n) is 2.75. The van der Waals surface area contributed by atoms with Crippen molar-refractivity contribution in [3.8, 4) is 0 Å². The summed E-state index contributed by atoms with van der Waals surface area (Å²) in [5.41, 5.74) is 2.67. The molecule has 2 aromatic heterocycles. The zero-order valence-corrected chi connectivity index (χ0v) is 12.4. The van der Waals surface area contributed by atoms with E-state index in [2.05, 4.69) is 44.8 Å². The molecule has 1 saturated carbocycles. The van der Waals surface area contributed by atoms with Crippen LogP contribution in [-0.4, -0.2) is 20.7 Å². The Morgan fingerprint density at radius 3 is 2.95 bits per heavy atom. The van der Waals surface area contributed by atoms with Gasteiger partial charge in [-0.1, -0.05) is 6.92 Å². The van der Waals surface area contributed by atoms with Crippen LogP contribution >= 0.6 is 0 Å². The van der Waals surface area contributed by atoms with E-state index in [0.717, 1.165) is 19.0 Å². The first kappa shape index (κ1) is 13.4. The van der Waals surface area contributed by atoms with Crippen molar-refractivity contribution in [3.63, 3.8) is 0 Å². The van der Waals surface area contributed by atoms with E-state index < -0.39 is 0 Å². The summed E-state index contributed by atoms with van der Waals surface area (Å²) < 4.78 is 4.34. The van der Waals surface area contributed by atoms with Gasteiger partial charge in [0.1, 0.15) is 0 Å². The average Bonchev–Trinajstić information content (AvgIpc) is 3.05. The molecule has 1 aliphatic carbocycles. The molecule has 0 saturated heterocycles. The molecular formula is C16H24N4. The summed E-state index contributed by atoms with van der Waals surface area (Å²) >= 11 is 0. The van der Waals surface area contributed by atoms with Gasteiger partial charge in [0.25, 0.3) is 0 Å². The number of imidazole rings is 1. The molecule has 3 rings (SSSR count). The van der Waals surface area contributed by atoms with Gasteiger partial charge in [-0.15, -0.1) is 0 Å². The molecule has 0 aromatic carbocycles. The molecule has 1 aliphatic rings. The van der Waals surface area contributed by atoms with E-state index in [9.17, 15) is 0 Å². The third-order valence-corrected chi connectivity index (χ3v) is 4.10. The van der Waals surface area contributed by atoms with Gasteiger partial charge in [0.15, 0.2) is 0 Å². The monoisotopic (exact) mass is 272 g/mol. The second-order valence-electron chi connectivity index (χ2n) is 5.88. The van der Waals surface area contributed by atoms with Crippen molar-refractivity contribution in [2.75, 3.05) is 6.54 Å². The topological polar surface area (TPSA) is 34.8 Å². The Kier molecular flexibility index (Phi) is 3.92. The second-order valence-corrected chi connectivity index (χ2v) is 5.88. The number of nitrogens with one attached hydrogen (secondary N) is 1. The van der Waals surface area contributed by atoms with Crippen LogP contribution in [-0.2, 0) is 13.6 Å². The van der Waals surface area contributed by atoms with Crippen molar-refractivity contribution in [1.82, 2.24) is 19.4 Å². The zero-order chi connectivity index (χ0) is 13.9. The zero-order valence-electron chi connectivity index (χ0n) is 12.4. The van der Waals surface area contributed by atoms with Gasteiger partial charge in [0.05, 0.1) is 18.6 Å². The first-order valence-corrected chi connectivity index (χ1v) is 7.62. The molecule has 0 bridgehead atoms. The van der Waals surface area contributed by atoms with E-state index in [0.29, 0.717) is 6.04 Å². The van der Waals surface area contributed by atoms with Crippen molar-refractivity contribution in [2.24, 2.45) is 13.0 Å². The summed E-state index contributed by atoms with van der Waals surface area (Å²) in [5, 5.41) is 3.70. The van der Waals surface area contributed by atoms with Crippen molar-refractivity contribution >= 4 is 0 Å². The maximum absolute atomic E-state index is 4.18. The Bertz CT molecular complexity index is 550. The molecule has 2 heterocycles. The second kappa shape index (κ2) is 5.83. The highest BCUT2D eigenvalue weighted by Gasteiger charge is 2.32. The molecule has 0 spiro atoms. The highest BCUT2D eigenvalue weighted by molar-refractivity contribution is 5.19. The summed E-state index contributed by atoms with van der Waals surface area (Å²) in [4.78, 5) is 4.18. The van der Waals surface area contributed by atoms with Gasteiger partial charge in [0, 0.05) is 31.7 Å². The van der Waals surface area contributed by atoms with Crippen LogP contribution in [0.1, 0.15) is 43.5 Å². The smallest absolute Gasteiger partial charge is 0.0946 e. The van der Waals surface area contributed by atoms with Crippen LogP contribution < -0.4 is 5.32 Å². The van der Waals surface area contributed by atoms with Gasteiger partial charge in [-0.3, -0.25) is 0 Å². The quantitative estimate of drug-likeness (QED) is 0.841. The highest BCUT2D eigenvalue weighted by atomic mass is 15.1. The number of hydrogen-bond donors (Lipinski definition) is 1. The molecule has 1 atom stereocenters.